The van der Waals surface area contributed by atoms with Gasteiger partial charge in [0.15, 0.2) is 5.69 Å². The first-order valence-corrected chi connectivity index (χ1v) is 12.3. The van der Waals surface area contributed by atoms with E-state index in [2.05, 4.69) is 5.10 Å². The third-order valence-electron chi connectivity index (χ3n) is 5.65. The average Bonchev–Trinajstić information content (AvgIpc) is 3.20. The van der Waals surface area contributed by atoms with Crippen molar-refractivity contribution in [3.8, 4) is 28.1 Å². The number of benzene rings is 3. The summed E-state index contributed by atoms with van der Waals surface area (Å²) in [5.74, 6) is 0. The van der Waals surface area contributed by atoms with Crippen LogP contribution in [-0.4, -0.2) is 18.2 Å². The molecule has 2 N–H and O–H groups in total. The van der Waals surface area contributed by atoms with E-state index in [0.717, 1.165) is 5.56 Å². The zero-order chi connectivity index (χ0) is 25.6. The molecule has 0 spiro atoms. The lowest BCUT2D eigenvalue weighted by molar-refractivity contribution is -0.140. The van der Waals surface area contributed by atoms with Crippen LogP contribution in [0.1, 0.15) is 32.0 Å². The van der Waals surface area contributed by atoms with Gasteiger partial charge >= 0.3 is 6.18 Å². The molecule has 35 heavy (non-hydrogen) atoms. The van der Waals surface area contributed by atoms with E-state index < -0.39 is 21.9 Å². The van der Waals surface area contributed by atoms with Crippen molar-refractivity contribution in [2.45, 2.75) is 37.3 Å². The van der Waals surface area contributed by atoms with E-state index in [4.69, 9.17) is 5.14 Å². The molecular formula is C26H24F3N3O2S. The third-order valence-corrected chi connectivity index (χ3v) is 6.58. The molecular weight excluding hydrogens is 475 g/mol. The van der Waals surface area contributed by atoms with Gasteiger partial charge in [-0.1, -0.05) is 75.4 Å². The summed E-state index contributed by atoms with van der Waals surface area (Å²) in [5, 5.41) is 9.22. The van der Waals surface area contributed by atoms with Crippen molar-refractivity contribution in [1.82, 2.24) is 9.78 Å². The summed E-state index contributed by atoms with van der Waals surface area (Å²) in [6.07, 6.45) is -4.73. The molecule has 1 heterocycles. The average molecular weight is 500 g/mol. The molecule has 5 nitrogen and oxygen atoms in total. The SMILES string of the molecule is CC(C)(C)c1ccc(-n2nc(C(F)(F)F)c(-c3ccccc3)c2-c2ccc(S(N)(=O)=O)cc2)cc1. The Bertz CT molecular complexity index is 1450. The fourth-order valence-corrected chi connectivity index (χ4v) is 4.37. The van der Waals surface area contributed by atoms with Gasteiger partial charge in [0.25, 0.3) is 0 Å². The molecule has 0 atom stereocenters. The van der Waals surface area contributed by atoms with Crippen molar-refractivity contribution in [3.05, 3.63) is 90.1 Å². The molecule has 9 heteroatoms. The zero-order valence-electron chi connectivity index (χ0n) is 19.3. The number of sulfonamides is 1. The van der Waals surface area contributed by atoms with Gasteiger partial charge in [0.05, 0.1) is 16.3 Å². The molecule has 0 aliphatic carbocycles. The summed E-state index contributed by atoms with van der Waals surface area (Å²) in [5.41, 5.74) is 1.08. The van der Waals surface area contributed by atoms with Gasteiger partial charge in [-0.05, 0) is 40.8 Å². The Labute approximate surface area is 202 Å². The van der Waals surface area contributed by atoms with Gasteiger partial charge in [-0.3, -0.25) is 0 Å². The monoisotopic (exact) mass is 499 g/mol. The van der Waals surface area contributed by atoms with Crippen LogP contribution in [0.25, 0.3) is 28.1 Å². The Kier molecular flexibility index (Phi) is 6.11. The maximum absolute atomic E-state index is 14.2. The zero-order valence-corrected chi connectivity index (χ0v) is 20.2. The molecule has 4 aromatic rings. The van der Waals surface area contributed by atoms with Crippen molar-refractivity contribution >= 4 is 10.0 Å². The Morgan fingerprint density at radius 1 is 0.800 bits per heavy atom. The summed E-state index contributed by atoms with van der Waals surface area (Å²) in [7, 11) is -3.97. The van der Waals surface area contributed by atoms with E-state index in [0.29, 0.717) is 16.8 Å². The minimum Gasteiger partial charge on any atom is -0.232 e. The number of nitrogens with two attached hydrogens (primary N) is 1. The van der Waals surface area contributed by atoms with Gasteiger partial charge in [-0.15, -0.1) is 0 Å². The fraction of sp³-hybridized carbons (Fsp3) is 0.192. The first kappa shape index (κ1) is 24.7. The highest BCUT2D eigenvalue weighted by atomic mass is 32.2. The molecule has 0 saturated heterocycles. The molecule has 0 amide bonds. The first-order chi connectivity index (χ1) is 16.3. The van der Waals surface area contributed by atoms with Crippen LogP contribution in [0.4, 0.5) is 13.2 Å². The molecule has 3 aromatic carbocycles. The maximum Gasteiger partial charge on any atom is 0.435 e. The van der Waals surface area contributed by atoms with E-state index in [1.165, 1.54) is 28.9 Å². The summed E-state index contributed by atoms with van der Waals surface area (Å²) in [4.78, 5) is -0.140. The number of alkyl halides is 3. The lowest BCUT2D eigenvalue weighted by Crippen LogP contribution is -2.12. The predicted octanol–water partition coefficient (Wildman–Crippen LogP) is 6.17. The summed E-state index contributed by atoms with van der Waals surface area (Å²) in [6, 6.07) is 20.8. The fourth-order valence-electron chi connectivity index (χ4n) is 3.85. The Balaban J connectivity index is 2.04. The van der Waals surface area contributed by atoms with E-state index in [9.17, 15) is 21.6 Å². The van der Waals surface area contributed by atoms with Crippen LogP contribution in [-0.2, 0) is 21.6 Å². The number of nitrogens with zero attached hydrogens (tertiary/aromatic N) is 2. The van der Waals surface area contributed by atoms with E-state index >= 15 is 0 Å². The van der Waals surface area contributed by atoms with Gasteiger partial charge in [0.1, 0.15) is 0 Å². The van der Waals surface area contributed by atoms with Crippen molar-refractivity contribution in [2.24, 2.45) is 5.14 Å². The number of hydrogen-bond acceptors (Lipinski definition) is 3. The minimum atomic E-state index is -4.73. The highest BCUT2D eigenvalue weighted by molar-refractivity contribution is 7.89. The number of primary sulfonamides is 1. The van der Waals surface area contributed by atoms with E-state index in [1.54, 1.807) is 42.5 Å². The van der Waals surface area contributed by atoms with Crippen LogP contribution in [0.2, 0.25) is 0 Å². The van der Waals surface area contributed by atoms with Crippen molar-refractivity contribution in [3.63, 3.8) is 0 Å². The van der Waals surface area contributed by atoms with Gasteiger partial charge in [0.2, 0.25) is 10.0 Å². The molecule has 1 aromatic heterocycles. The molecule has 0 aliphatic heterocycles. The molecule has 0 unspecified atom stereocenters. The molecule has 4 rings (SSSR count). The second kappa shape index (κ2) is 8.66. The second-order valence-corrected chi connectivity index (χ2v) is 10.8. The predicted molar refractivity (Wildman–Crippen MR) is 130 cm³/mol. The number of halogens is 3. The standard InChI is InChI=1S/C26H24F3N3O2S/c1-25(2,3)19-11-13-20(14-12-19)32-23(18-9-15-21(16-10-18)35(30,33)34)22(17-7-5-4-6-8-17)24(31-32)26(27,28)29/h4-16H,1-3H3,(H2,30,33,34). The number of rotatable bonds is 4. The smallest absolute Gasteiger partial charge is 0.232 e. The van der Waals surface area contributed by atoms with Gasteiger partial charge in [-0.2, -0.15) is 18.3 Å². The normalized spacial score (nSPS) is 12.7. The molecule has 0 aliphatic rings. The van der Waals surface area contributed by atoms with Crippen LogP contribution >= 0.6 is 0 Å². The number of aromatic nitrogens is 2. The number of hydrogen-bond donors (Lipinski definition) is 1. The summed E-state index contributed by atoms with van der Waals surface area (Å²) >= 11 is 0. The molecule has 182 valence electrons. The first-order valence-electron chi connectivity index (χ1n) is 10.8. The molecule has 0 radical (unpaired) electrons. The molecule has 0 saturated carbocycles. The quantitative estimate of drug-likeness (QED) is 0.365. The van der Waals surface area contributed by atoms with Crippen molar-refractivity contribution < 1.29 is 21.6 Å². The topological polar surface area (TPSA) is 78.0 Å². The summed E-state index contributed by atoms with van der Waals surface area (Å²) < 4.78 is 67.4. The van der Waals surface area contributed by atoms with E-state index in [1.807, 2.05) is 32.9 Å². The van der Waals surface area contributed by atoms with Crippen LogP contribution in [0.3, 0.4) is 0 Å². The van der Waals surface area contributed by atoms with Gasteiger partial charge in [-0.25, -0.2) is 18.2 Å². The Morgan fingerprint density at radius 3 is 1.86 bits per heavy atom. The van der Waals surface area contributed by atoms with Gasteiger partial charge in [0, 0.05) is 11.1 Å². The second-order valence-electron chi connectivity index (χ2n) is 9.21. The van der Waals surface area contributed by atoms with Crippen molar-refractivity contribution in [2.75, 3.05) is 0 Å². The molecule has 0 fully saturated rings. The van der Waals surface area contributed by atoms with Gasteiger partial charge < -0.3 is 0 Å². The van der Waals surface area contributed by atoms with Crippen LogP contribution in [0, 0.1) is 0 Å². The Hall–Kier alpha value is -3.43. The van der Waals surface area contributed by atoms with Crippen LogP contribution in [0.5, 0.6) is 0 Å². The lowest BCUT2D eigenvalue weighted by Gasteiger charge is -2.19. The third kappa shape index (κ3) is 5.01. The highest BCUT2D eigenvalue weighted by Gasteiger charge is 2.40. The minimum absolute atomic E-state index is 0.0960. The lowest BCUT2D eigenvalue weighted by atomic mass is 9.87. The largest absolute Gasteiger partial charge is 0.435 e. The van der Waals surface area contributed by atoms with Crippen LogP contribution in [0.15, 0.2) is 83.8 Å². The maximum atomic E-state index is 14.2. The van der Waals surface area contributed by atoms with Crippen molar-refractivity contribution in [1.29, 1.82) is 0 Å². The highest BCUT2D eigenvalue weighted by Crippen LogP contribution is 2.43. The molecule has 0 bridgehead atoms. The van der Waals surface area contributed by atoms with E-state index in [-0.39, 0.29) is 21.6 Å². The summed E-state index contributed by atoms with van der Waals surface area (Å²) in [6.45, 7) is 6.14. The van der Waals surface area contributed by atoms with Crippen LogP contribution < -0.4 is 5.14 Å². The Morgan fingerprint density at radius 2 is 1.37 bits per heavy atom.